The van der Waals surface area contributed by atoms with Crippen molar-refractivity contribution in [1.29, 1.82) is 0 Å². The van der Waals surface area contributed by atoms with Crippen molar-refractivity contribution in [2.24, 2.45) is 0 Å². The maximum Gasteiger partial charge on any atom is 0.143 e. The van der Waals surface area contributed by atoms with Gasteiger partial charge in [-0.2, -0.15) is 0 Å². The Hall–Kier alpha value is -6.38. The molecule has 224 valence electrons. The summed E-state index contributed by atoms with van der Waals surface area (Å²) in [6, 6.07) is 61.3. The lowest BCUT2D eigenvalue weighted by Crippen LogP contribution is -2.11. The van der Waals surface area contributed by atoms with Crippen LogP contribution in [0.15, 0.2) is 181 Å². The second kappa shape index (κ2) is 10.6. The highest BCUT2D eigenvalue weighted by Gasteiger charge is 2.25. The first-order valence-corrected chi connectivity index (χ1v) is 16.4. The Kier molecular flexibility index (Phi) is 5.91. The largest absolute Gasteiger partial charge is 0.464 e. The first-order valence-electron chi connectivity index (χ1n) is 16.4. The minimum Gasteiger partial charge on any atom is -0.464 e. The lowest BCUT2D eigenvalue weighted by Gasteiger charge is -2.29. The van der Waals surface area contributed by atoms with E-state index in [1.165, 1.54) is 54.9 Å². The molecule has 9 aromatic rings. The van der Waals surface area contributed by atoms with Crippen molar-refractivity contribution in [3.05, 3.63) is 176 Å². The monoisotopic (exact) mass is 611 g/mol. The molecule has 1 aromatic heterocycles. The highest BCUT2D eigenvalue weighted by molar-refractivity contribution is 6.13. The van der Waals surface area contributed by atoms with E-state index in [9.17, 15) is 0 Å². The Morgan fingerprint density at radius 3 is 1.60 bits per heavy atom. The summed E-state index contributed by atoms with van der Waals surface area (Å²) in [5, 5.41) is 6.09. The van der Waals surface area contributed by atoms with Gasteiger partial charge in [0.15, 0.2) is 0 Å². The zero-order valence-electron chi connectivity index (χ0n) is 26.1. The van der Waals surface area contributed by atoms with Gasteiger partial charge in [0.2, 0.25) is 0 Å². The number of furan rings is 1. The lowest BCUT2D eigenvalue weighted by atomic mass is 9.77. The van der Waals surface area contributed by atoms with E-state index in [0.29, 0.717) is 0 Å². The SMILES string of the molecule is c1ccc(-c2ccc3cc4c(cc3c2)-c2cc3cc(N(c5ccccc5)c5ccc6ccoc6c5-c5ccccc5)ccc3cc2-4)cc1. The fourth-order valence-corrected chi connectivity index (χ4v) is 7.46. The van der Waals surface area contributed by atoms with Gasteiger partial charge in [0.25, 0.3) is 0 Å². The molecule has 0 saturated carbocycles. The molecular formula is C46H29NO. The first kappa shape index (κ1) is 26.8. The Morgan fingerprint density at radius 1 is 0.354 bits per heavy atom. The van der Waals surface area contributed by atoms with E-state index < -0.39 is 0 Å². The molecule has 0 amide bonds. The molecule has 0 fully saturated rings. The van der Waals surface area contributed by atoms with E-state index in [1.54, 1.807) is 6.26 Å². The van der Waals surface area contributed by atoms with Gasteiger partial charge in [-0.25, -0.2) is 0 Å². The van der Waals surface area contributed by atoms with Crippen molar-refractivity contribution in [2.45, 2.75) is 0 Å². The molecule has 10 rings (SSSR count). The molecule has 1 heterocycles. The fraction of sp³-hybridized carbons (Fsp3) is 0. The lowest BCUT2D eigenvalue weighted by molar-refractivity contribution is 0.617. The first-order chi connectivity index (χ1) is 23.8. The Morgan fingerprint density at radius 2 is 0.917 bits per heavy atom. The van der Waals surface area contributed by atoms with Gasteiger partial charge in [-0.15, -0.1) is 0 Å². The van der Waals surface area contributed by atoms with Crippen LogP contribution in [-0.2, 0) is 0 Å². The summed E-state index contributed by atoms with van der Waals surface area (Å²) >= 11 is 0. The van der Waals surface area contributed by atoms with Crippen LogP contribution in [-0.4, -0.2) is 0 Å². The van der Waals surface area contributed by atoms with Gasteiger partial charge in [-0.05, 0) is 133 Å². The molecule has 0 N–H and O–H groups in total. The smallest absolute Gasteiger partial charge is 0.143 e. The molecule has 0 radical (unpaired) electrons. The molecule has 1 aliphatic carbocycles. The summed E-state index contributed by atoms with van der Waals surface area (Å²) in [4.78, 5) is 2.36. The molecule has 0 spiro atoms. The number of rotatable bonds is 5. The molecule has 0 unspecified atom stereocenters. The molecular weight excluding hydrogens is 583 g/mol. The second-order valence-corrected chi connectivity index (χ2v) is 12.6. The minimum atomic E-state index is 0.890. The van der Waals surface area contributed by atoms with Crippen LogP contribution in [0.1, 0.15) is 0 Å². The number of fused-ring (bicyclic) bond motifs is 7. The third-order valence-electron chi connectivity index (χ3n) is 9.80. The van der Waals surface area contributed by atoms with Gasteiger partial charge in [-0.1, -0.05) is 97.1 Å². The number of para-hydroxylation sites is 1. The predicted octanol–water partition coefficient (Wildman–Crippen LogP) is 13.2. The quantitative estimate of drug-likeness (QED) is 0.192. The van der Waals surface area contributed by atoms with Crippen molar-refractivity contribution in [2.75, 3.05) is 4.90 Å². The van der Waals surface area contributed by atoms with E-state index in [4.69, 9.17) is 4.42 Å². The molecule has 1 aliphatic rings. The van der Waals surface area contributed by atoms with Gasteiger partial charge in [0, 0.05) is 22.3 Å². The maximum atomic E-state index is 6.14. The van der Waals surface area contributed by atoms with Crippen LogP contribution >= 0.6 is 0 Å². The van der Waals surface area contributed by atoms with Crippen molar-refractivity contribution < 1.29 is 4.42 Å². The number of anilines is 3. The molecule has 0 bridgehead atoms. The van der Waals surface area contributed by atoms with Crippen LogP contribution in [0, 0.1) is 0 Å². The van der Waals surface area contributed by atoms with Gasteiger partial charge >= 0.3 is 0 Å². The number of nitrogens with zero attached hydrogens (tertiary/aromatic N) is 1. The average Bonchev–Trinajstić information content (AvgIpc) is 3.63. The van der Waals surface area contributed by atoms with E-state index in [2.05, 4.69) is 169 Å². The second-order valence-electron chi connectivity index (χ2n) is 12.6. The molecule has 8 aromatic carbocycles. The van der Waals surface area contributed by atoms with Crippen LogP contribution in [0.2, 0.25) is 0 Å². The van der Waals surface area contributed by atoms with Gasteiger partial charge < -0.3 is 9.32 Å². The van der Waals surface area contributed by atoms with Crippen LogP contribution in [0.5, 0.6) is 0 Å². The molecule has 2 heteroatoms. The third-order valence-corrected chi connectivity index (χ3v) is 9.80. The summed E-state index contributed by atoms with van der Waals surface area (Å²) in [7, 11) is 0. The summed E-state index contributed by atoms with van der Waals surface area (Å²) < 4.78 is 6.14. The number of benzene rings is 8. The van der Waals surface area contributed by atoms with E-state index >= 15 is 0 Å². The molecule has 0 aliphatic heterocycles. The zero-order valence-corrected chi connectivity index (χ0v) is 26.1. The predicted molar refractivity (Wildman–Crippen MR) is 201 cm³/mol. The molecule has 2 nitrogen and oxygen atoms in total. The highest BCUT2D eigenvalue weighted by Crippen LogP contribution is 2.51. The molecule has 0 saturated heterocycles. The van der Waals surface area contributed by atoms with E-state index in [1.807, 2.05) is 6.07 Å². The Labute approximate surface area is 278 Å². The van der Waals surface area contributed by atoms with Crippen LogP contribution in [0.4, 0.5) is 17.1 Å². The number of hydrogen-bond donors (Lipinski definition) is 0. The Balaban J connectivity index is 1.12. The van der Waals surface area contributed by atoms with Crippen molar-refractivity contribution in [3.8, 4) is 44.5 Å². The maximum absolute atomic E-state index is 6.14. The minimum absolute atomic E-state index is 0.890. The van der Waals surface area contributed by atoms with Crippen molar-refractivity contribution in [3.63, 3.8) is 0 Å². The standard InChI is InChI=1S/C46H29NO/c1-4-10-30(11-5-1)33-16-17-34-26-40-41-27-35-18-20-39(25-37(35)29-43(41)42(40)28-36(34)24-33)47(38-14-8-3-9-15-38)44-21-19-32-22-23-48-46(32)45(44)31-12-6-2-7-13-31/h1-29H. The van der Waals surface area contributed by atoms with Crippen LogP contribution in [0.3, 0.4) is 0 Å². The van der Waals surface area contributed by atoms with E-state index in [0.717, 1.165) is 39.2 Å². The topological polar surface area (TPSA) is 16.4 Å². The van der Waals surface area contributed by atoms with Gasteiger partial charge in [0.05, 0.1) is 12.0 Å². The molecule has 0 atom stereocenters. The van der Waals surface area contributed by atoms with Crippen LogP contribution < -0.4 is 4.90 Å². The zero-order chi connectivity index (χ0) is 31.6. The summed E-state index contributed by atoms with van der Waals surface area (Å²) in [5.41, 5.74) is 14.1. The average molecular weight is 612 g/mol. The summed E-state index contributed by atoms with van der Waals surface area (Å²) in [6.45, 7) is 0. The number of hydrogen-bond acceptors (Lipinski definition) is 2. The fourth-order valence-electron chi connectivity index (χ4n) is 7.46. The normalized spacial score (nSPS) is 11.8. The van der Waals surface area contributed by atoms with Crippen LogP contribution in [0.25, 0.3) is 77.0 Å². The van der Waals surface area contributed by atoms with Crippen molar-refractivity contribution >= 4 is 49.6 Å². The van der Waals surface area contributed by atoms with Gasteiger partial charge in [-0.3, -0.25) is 0 Å². The Bertz CT molecular complexity index is 2650. The van der Waals surface area contributed by atoms with Crippen molar-refractivity contribution in [1.82, 2.24) is 0 Å². The molecule has 48 heavy (non-hydrogen) atoms. The summed E-state index contributed by atoms with van der Waals surface area (Å²) in [5.74, 6) is 0. The van der Waals surface area contributed by atoms with E-state index in [-0.39, 0.29) is 0 Å². The van der Waals surface area contributed by atoms with Gasteiger partial charge in [0.1, 0.15) is 5.58 Å². The summed E-state index contributed by atoms with van der Waals surface area (Å²) in [6.07, 6.45) is 1.78. The third kappa shape index (κ3) is 4.20. The highest BCUT2D eigenvalue weighted by atomic mass is 16.3.